The summed E-state index contributed by atoms with van der Waals surface area (Å²) >= 11 is 3.54. The van der Waals surface area contributed by atoms with E-state index in [0.29, 0.717) is 131 Å². The molecule has 0 unspecified atom stereocenters. The number of carboxylic acid groups (broad SMARTS) is 1. The van der Waals surface area contributed by atoms with Gasteiger partial charge < -0.3 is 142 Å². The third-order valence-corrected chi connectivity index (χ3v) is 25.4. The highest BCUT2D eigenvalue weighted by molar-refractivity contribution is 9.10. The quantitative estimate of drug-likeness (QED) is 0.0250. The number of hydrogen-bond acceptors (Lipinski definition) is 35. The van der Waals surface area contributed by atoms with E-state index < -0.39 is 17.7 Å². The number of carbonyl (C=O) groups excluding carboxylic acids is 2. The number of hydrogen-bond donors (Lipinski definition) is 8. The number of nitrogens with zero attached hydrogens (tertiary/aromatic N) is 19. The first-order valence-corrected chi connectivity index (χ1v) is 48.5. The lowest BCUT2D eigenvalue weighted by atomic mass is 10.1. The number of anilines is 11. The van der Waals surface area contributed by atoms with Gasteiger partial charge in [-0.15, -0.1) is 0 Å². The fraction of sp³-hybridized carbons (Fsp3) is 0.460. The molecule has 3 atom stereocenters. The maximum Gasteiger partial charge on any atom is 0.490 e. The molecule has 18 rings (SSSR count). The standard InChI is InChI=1S/C34H44N8O6.C29H36N8O4.C25H27BrN6O4.C10H19NO2.C2HF3O2/c1-34(2,3)48-33(44)40-14-12-39(13-15-40)22-9-10-25-26(16-22)36-32(42-11-7-8-23(42)20-43)38-31(25)37-29-19-41(21-35-29)24-17-27(45-4)30(47-6)28(18-24)46-5;1-39-24-14-21(15-25(40-2)27(24)41-3)36-16-26(31-18-36)33-28-22-7-6-19(35-11-8-30-9-12-35)13-23(22)32-29(34-28)37-10-4-5-20(37)17-38;1-34-20-10-17(11-21(35-2)23(20)36-3)31-12-22(27-14-31)29-24-18-7-6-15(26)9-19(18)28-25(30-24)32-8-4-5-16(32)13-33;1-10(2,3)13-9(12)11-7-5-4-6-8-11;3-2(4,5)1(6)7/h9-10,16-19,21,23,43H,7-8,11-15,20H2,1-6H3,(H,36,37,38);6-7,13-16,18,20,30,38H,4-5,8-12,17H2,1-3H3,(H,32,33,34);6-7,9-12,14,16,33H,4-5,8,13H2,1-3H3,(H,28,29,30);4-8H2,1-3H3;(H,6,7)/t23-;20-;16-;;/m000../s1. The highest BCUT2D eigenvalue weighted by atomic mass is 79.9. The van der Waals surface area contributed by atoms with E-state index in [9.17, 15) is 38.1 Å². The summed E-state index contributed by atoms with van der Waals surface area (Å²) in [7, 11) is 14.2. The lowest BCUT2D eigenvalue weighted by Gasteiger charge is -2.36. The smallest absolute Gasteiger partial charge is 0.490 e. The number of ether oxygens (including phenoxy) is 11. The first kappa shape index (κ1) is 106. The van der Waals surface area contributed by atoms with E-state index in [0.717, 1.165) is 176 Å². The van der Waals surface area contributed by atoms with Crippen molar-refractivity contribution in [2.75, 3.05) is 209 Å². The van der Waals surface area contributed by atoms with Crippen LogP contribution in [0.1, 0.15) is 99.3 Å². The third-order valence-electron chi connectivity index (χ3n) is 24.9. The molecule has 0 aliphatic carbocycles. The van der Waals surface area contributed by atoms with Gasteiger partial charge in [0.1, 0.15) is 65.1 Å². The minimum Gasteiger partial charge on any atom is -0.493 e. The summed E-state index contributed by atoms with van der Waals surface area (Å²) in [5.74, 6) is 7.56. The number of carbonyl (C=O) groups is 3. The maximum absolute atomic E-state index is 12.6. The van der Waals surface area contributed by atoms with Crippen molar-refractivity contribution in [3.05, 3.63) is 133 Å². The second-order valence-corrected chi connectivity index (χ2v) is 37.7. The Bertz CT molecular complexity index is 6370. The summed E-state index contributed by atoms with van der Waals surface area (Å²) in [6, 6.07) is 29.5. The fourth-order valence-corrected chi connectivity index (χ4v) is 18.0. The van der Waals surface area contributed by atoms with Gasteiger partial charge in [0, 0.05) is 153 Å². The van der Waals surface area contributed by atoms with Crippen LogP contribution in [0.3, 0.4) is 0 Å². The number of amides is 2. The number of piperidine rings is 1. The average Bonchev–Trinajstić information content (AvgIpc) is 1.75. The molecular weight excluding hydrogens is 1950 g/mol. The normalized spacial score (nSPS) is 16.4. The van der Waals surface area contributed by atoms with Crippen molar-refractivity contribution in [3.8, 4) is 68.8 Å². The van der Waals surface area contributed by atoms with E-state index in [4.69, 9.17) is 91.9 Å². The van der Waals surface area contributed by atoms with Crippen LogP contribution in [0.5, 0.6) is 51.7 Å². The Labute approximate surface area is 846 Å². The van der Waals surface area contributed by atoms with Crippen LogP contribution in [0.15, 0.2) is 133 Å². The summed E-state index contributed by atoms with van der Waals surface area (Å²) in [6.07, 6.45) is 14.3. The summed E-state index contributed by atoms with van der Waals surface area (Å²) in [6.45, 7) is 21.9. The van der Waals surface area contributed by atoms with Crippen LogP contribution < -0.4 is 88.4 Å². The van der Waals surface area contributed by atoms with Gasteiger partial charge in [0.15, 0.2) is 34.5 Å². The number of rotatable bonds is 26. The molecular formula is C100H127BrF3N23O18. The summed E-state index contributed by atoms with van der Waals surface area (Å²) < 4.78 is 98.5. The van der Waals surface area contributed by atoms with E-state index in [-0.39, 0.29) is 55.7 Å². The van der Waals surface area contributed by atoms with Gasteiger partial charge in [-0.2, -0.15) is 28.1 Å². The number of nitrogens with one attached hydrogen (secondary N) is 4. The molecule has 2 amide bonds. The molecule has 6 aliphatic rings. The van der Waals surface area contributed by atoms with Crippen molar-refractivity contribution in [2.24, 2.45) is 0 Å². The second-order valence-electron chi connectivity index (χ2n) is 36.7. The van der Waals surface area contributed by atoms with Crippen molar-refractivity contribution < 1.29 is 100 Å². The molecule has 0 bridgehead atoms. The highest BCUT2D eigenvalue weighted by Crippen LogP contribution is 2.45. The molecule has 12 aromatic rings. The summed E-state index contributed by atoms with van der Waals surface area (Å²) in [5.41, 5.74) is 6.03. The van der Waals surface area contributed by atoms with Crippen molar-refractivity contribution >= 4 is 131 Å². The number of carboxylic acids is 1. The van der Waals surface area contributed by atoms with Crippen LogP contribution in [-0.4, -0.2) is 311 Å². The number of aromatic nitrogens is 12. The molecule has 6 aliphatic heterocycles. The number of likely N-dealkylation sites (tertiary alicyclic amines) is 1. The fourth-order valence-electron chi connectivity index (χ4n) is 17.6. The van der Waals surface area contributed by atoms with Gasteiger partial charge in [0.2, 0.25) is 35.1 Å². The van der Waals surface area contributed by atoms with Gasteiger partial charge in [-0.25, -0.2) is 44.3 Å². The maximum atomic E-state index is 12.6. The Kier molecular flexibility index (Phi) is 35.2. The number of aliphatic hydroxyl groups excluding tert-OH is 3. The molecule has 145 heavy (non-hydrogen) atoms. The van der Waals surface area contributed by atoms with E-state index in [1.54, 1.807) is 92.8 Å². The molecule has 6 saturated heterocycles. The average molecular weight is 2080 g/mol. The SMILES string of the molecule is CC(C)(C)OC(=O)N1CCCCC1.COc1cc(-n2cnc(Nc3nc(N4CCC[C@H]4CO)nc4cc(Br)ccc34)c2)cc(OC)c1OC.COc1cc(-n2cnc(Nc3nc(N4CCC[C@H]4CO)nc4cc(N5CCN(C(=O)OC(C)(C)C)CC5)ccc34)c2)cc(OC)c1OC.COc1cc(-n2cnc(Nc3nc(N4CCC[C@H]4CO)nc4cc(N5CCNCC5)ccc34)c2)cc(OC)c1OC.O=C(O)C(F)(F)F. The second kappa shape index (κ2) is 47.9. The molecule has 41 nitrogen and oxygen atoms in total. The molecule has 6 fully saturated rings. The summed E-state index contributed by atoms with van der Waals surface area (Å²) in [4.78, 5) is 90.7. The van der Waals surface area contributed by atoms with E-state index >= 15 is 0 Å². The number of piperazine rings is 2. The van der Waals surface area contributed by atoms with Crippen LogP contribution in [0.2, 0.25) is 0 Å². The number of imidazole rings is 3. The number of halogens is 4. The number of aliphatic hydroxyl groups is 3. The Hall–Kier alpha value is -14.3. The summed E-state index contributed by atoms with van der Waals surface area (Å²) in [5, 5.41) is 53.2. The van der Waals surface area contributed by atoms with Gasteiger partial charge in [0.05, 0.1) is 154 Å². The lowest BCUT2D eigenvalue weighted by molar-refractivity contribution is -0.192. The Morgan fingerprint density at radius 3 is 1.01 bits per heavy atom. The Balaban J connectivity index is 0.000000158. The molecule has 0 saturated carbocycles. The number of methoxy groups -OCH3 is 9. The van der Waals surface area contributed by atoms with Crippen LogP contribution >= 0.6 is 15.9 Å². The van der Waals surface area contributed by atoms with Crippen molar-refractivity contribution in [2.45, 2.75) is 135 Å². The first-order chi connectivity index (χ1) is 69.7. The van der Waals surface area contributed by atoms with Crippen LogP contribution in [0, 0.1) is 0 Å². The monoisotopic (exact) mass is 2070 g/mol. The van der Waals surface area contributed by atoms with E-state index in [1.807, 2.05) is 134 Å². The van der Waals surface area contributed by atoms with Crippen molar-refractivity contribution in [1.82, 2.24) is 73.7 Å². The molecule has 6 aromatic heterocycles. The molecule has 0 radical (unpaired) electrons. The topological polar surface area (TPSA) is 435 Å². The molecule has 45 heteroatoms. The predicted molar refractivity (Wildman–Crippen MR) is 549 cm³/mol. The van der Waals surface area contributed by atoms with Crippen LogP contribution in [0.4, 0.5) is 86.9 Å². The molecule has 8 N–H and O–H groups in total. The zero-order valence-electron chi connectivity index (χ0n) is 84.0. The van der Waals surface area contributed by atoms with E-state index in [2.05, 4.69) is 107 Å². The Morgan fingerprint density at radius 1 is 0.393 bits per heavy atom. The van der Waals surface area contributed by atoms with Gasteiger partial charge in [-0.1, -0.05) is 15.9 Å². The van der Waals surface area contributed by atoms with Crippen LogP contribution in [-0.2, 0) is 14.3 Å². The molecule has 12 heterocycles. The van der Waals surface area contributed by atoms with Gasteiger partial charge in [0.25, 0.3) is 0 Å². The number of benzene rings is 6. The number of aliphatic carboxylic acids is 1. The molecule has 0 spiro atoms. The van der Waals surface area contributed by atoms with Gasteiger partial charge in [-0.05, 0) is 154 Å². The first-order valence-electron chi connectivity index (χ1n) is 47.7. The Morgan fingerprint density at radius 2 is 0.703 bits per heavy atom. The third kappa shape index (κ3) is 26.3. The van der Waals surface area contributed by atoms with Crippen molar-refractivity contribution in [1.29, 1.82) is 0 Å². The minimum absolute atomic E-state index is 0.0101. The molecule has 778 valence electrons. The number of fused-ring (bicyclic) bond motifs is 3. The van der Waals surface area contributed by atoms with Crippen LogP contribution in [0.25, 0.3) is 49.8 Å². The molecule has 6 aromatic carbocycles. The highest BCUT2D eigenvalue weighted by Gasteiger charge is 2.39. The van der Waals surface area contributed by atoms with Gasteiger partial charge in [-0.3, -0.25) is 0 Å². The predicted octanol–water partition coefficient (Wildman–Crippen LogP) is 14.9. The largest absolute Gasteiger partial charge is 0.493 e. The van der Waals surface area contributed by atoms with E-state index in [1.165, 1.54) is 6.42 Å². The lowest BCUT2D eigenvalue weighted by Crippen LogP contribution is -2.50. The zero-order chi connectivity index (χ0) is 104. The number of alkyl halides is 3. The zero-order valence-corrected chi connectivity index (χ0v) is 85.6. The minimum atomic E-state index is -5.08. The van der Waals surface area contributed by atoms with Crippen molar-refractivity contribution in [3.63, 3.8) is 0 Å². The van der Waals surface area contributed by atoms with Gasteiger partial charge >= 0.3 is 24.3 Å².